The first-order valence-electron chi connectivity index (χ1n) is 6.25. The second-order valence-electron chi connectivity index (χ2n) is 4.95. The smallest absolute Gasteiger partial charge is 0.329 e. The van der Waals surface area contributed by atoms with Crippen LogP contribution in [0, 0.1) is 6.92 Å². The fourth-order valence-corrected chi connectivity index (χ4v) is 1.94. The molecular weight excluding hydrogens is 244 g/mol. The van der Waals surface area contributed by atoms with E-state index in [1.54, 1.807) is 13.1 Å². The minimum Gasteiger partial charge on any atom is -0.480 e. The van der Waals surface area contributed by atoms with Crippen LogP contribution in [0.4, 0.5) is 0 Å². The van der Waals surface area contributed by atoms with Gasteiger partial charge < -0.3 is 10.0 Å². The van der Waals surface area contributed by atoms with Crippen molar-refractivity contribution in [2.24, 2.45) is 0 Å². The molecule has 19 heavy (non-hydrogen) atoms. The van der Waals surface area contributed by atoms with Crippen LogP contribution in [0.25, 0.3) is 0 Å². The fraction of sp³-hybridized carbons (Fsp3) is 0.500. The molecule has 0 aliphatic heterocycles. The number of aliphatic carboxylic acids is 1. The lowest BCUT2D eigenvalue weighted by atomic mass is 10.0. The standard InChI is InChI=1S/C14H20N2O3/c1-5-16(14(3,4)13(18)19)12(17)9-11-10(2)7-6-8-15-11/h6-8H,5,9H2,1-4H3,(H,18,19). The van der Waals surface area contributed by atoms with E-state index in [-0.39, 0.29) is 12.3 Å². The highest BCUT2D eigenvalue weighted by Gasteiger charge is 2.36. The quantitative estimate of drug-likeness (QED) is 0.877. The molecule has 0 radical (unpaired) electrons. The first kappa shape index (κ1) is 15.1. The van der Waals surface area contributed by atoms with Crippen LogP contribution in [0.15, 0.2) is 18.3 Å². The van der Waals surface area contributed by atoms with E-state index < -0.39 is 11.5 Å². The van der Waals surface area contributed by atoms with Crippen LogP contribution in [-0.4, -0.2) is 39.0 Å². The van der Waals surface area contributed by atoms with Gasteiger partial charge in [-0.3, -0.25) is 9.78 Å². The Labute approximate surface area is 113 Å². The Hall–Kier alpha value is -1.91. The molecule has 1 amide bonds. The Morgan fingerprint density at radius 2 is 2.05 bits per heavy atom. The molecule has 0 unspecified atom stereocenters. The predicted molar refractivity (Wildman–Crippen MR) is 71.8 cm³/mol. The van der Waals surface area contributed by atoms with Gasteiger partial charge in [0.15, 0.2) is 0 Å². The van der Waals surface area contributed by atoms with Crippen LogP contribution in [-0.2, 0) is 16.0 Å². The number of hydrogen-bond donors (Lipinski definition) is 1. The first-order chi connectivity index (χ1) is 8.80. The van der Waals surface area contributed by atoms with Crippen molar-refractivity contribution in [3.05, 3.63) is 29.6 Å². The van der Waals surface area contributed by atoms with E-state index in [4.69, 9.17) is 0 Å². The second-order valence-corrected chi connectivity index (χ2v) is 4.95. The molecule has 1 N–H and O–H groups in total. The highest BCUT2D eigenvalue weighted by Crippen LogP contribution is 2.17. The van der Waals surface area contributed by atoms with Crippen molar-refractivity contribution < 1.29 is 14.7 Å². The number of pyridine rings is 1. The summed E-state index contributed by atoms with van der Waals surface area (Å²) in [6.07, 6.45) is 1.76. The molecule has 0 atom stereocenters. The highest BCUT2D eigenvalue weighted by molar-refractivity contribution is 5.87. The third-order valence-electron chi connectivity index (χ3n) is 3.25. The van der Waals surface area contributed by atoms with E-state index in [1.807, 2.05) is 19.1 Å². The SMILES string of the molecule is CCN(C(=O)Cc1ncccc1C)C(C)(C)C(=O)O. The Bertz CT molecular complexity index is 483. The zero-order valence-corrected chi connectivity index (χ0v) is 11.8. The molecule has 5 nitrogen and oxygen atoms in total. The summed E-state index contributed by atoms with van der Waals surface area (Å²) >= 11 is 0. The maximum Gasteiger partial charge on any atom is 0.329 e. The van der Waals surface area contributed by atoms with E-state index in [0.717, 1.165) is 5.56 Å². The monoisotopic (exact) mass is 264 g/mol. The lowest BCUT2D eigenvalue weighted by Gasteiger charge is -2.34. The van der Waals surface area contributed by atoms with E-state index in [2.05, 4.69) is 4.98 Å². The number of aryl methyl sites for hydroxylation is 1. The van der Waals surface area contributed by atoms with Crippen molar-refractivity contribution in [3.63, 3.8) is 0 Å². The number of carbonyl (C=O) groups is 2. The summed E-state index contributed by atoms with van der Waals surface area (Å²) in [5.74, 6) is -1.24. The van der Waals surface area contributed by atoms with Crippen LogP contribution < -0.4 is 0 Å². The Morgan fingerprint density at radius 3 is 2.53 bits per heavy atom. The van der Waals surface area contributed by atoms with Gasteiger partial charge in [-0.1, -0.05) is 6.07 Å². The van der Waals surface area contributed by atoms with Crippen LogP contribution >= 0.6 is 0 Å². The molecule has 0 saturated carbocycles. The molecule has 0 aromatic carbocycles. The number of carboxylic acid groups (broad SMARTS) is 1. The number of amides is 1. The topological polar surface area (TPSA) is 70.5 Å². The second kappa shape index (κ2) is 5.82. The van der Waals surface area contributed by atoms with Gasteiger partial charge in [-0.15, -0.1) is 0 Å². The van der Waals surface area contributed by atoms with Gasteiger partial charge in [0.05, 0.1) is 12.1 Å². The Balaban J connectivity index is 2.93. The zero-order chi connectivity index (χ0) is 14.6. The predicted octanol–water partition coefficient (Wildman–Crippen LogP) is 1.64. The Morgan fingerprint density at radius 1 is 1.42 bits per heavy atom. The van der Waals surface area contributed by atoms with Crippen molar-refractivity contribution in [2.75, 3.05) is 6.54 Å². The minimum absolute atomic E-state index is 0.122. The lowest BCUT2D eigenvalue weighted by Crippen LogP contribution is -2.53. The molecule has 1 aromatic heterocycles. The molecule has 5 heteroatoms. The average Bonchev–Trinajstić information content (AvgIpc) is 2.32. The van der Waals surface area contributed by atoms with E-state index in [1.165, 1.54) is 18.7 Å². The molecule has 1 heterocycles. The summed E-state index contributed by atoms with van der Waals surface area (Å²) in [7, 11) is 0. The summed E-state index contributed by atoms with van der Waals surface area (Å²) in [5.41, 5.74) is 0.404. The van der Waals surface area contributed by atoms with Crippen molar-refractivity contribution in [3.8, 4) is 0 Å². The molecule has 1 aromatic rings. The van der Waals surface area contributed by atoms with Crippen LogP contribution in [0.3, 0.4) is 0 Å². The van der Waals surface area contributed by atoms with E-state index in [9.17, 15) is 14.7 Å². The average molecular weight is 264 g/mol. The van der Waals surface area contributed by atoms with Crippen LogP contribution in [0.5, 0.6) is 0 Å². The third-order valence-corrected chi connectivity index (χ3v) is 3.25. The van der Waals surface area contributed by atoms with Crippen molar-refractivity contribution in [1.82, 2.24) is 9.88 Å². The molecule has 0 bridgehead atoms. The first-order valence-corrected chi connectivity index (χ1v) is 6.25. The van der Waals surface area contributed by atoms with E-state index >= 15 is 0 Å². The van der Waals surface area contributed by atoms with Crippen LogP contribution in [0.2, 0.25) is 0 Å². The summed E-state index contributed by atoms with van der Waals surface area (Å²) in [6, 6.07) is 3.69. The number of aromatic nitrogens is 1. The number of hydrogen-bond acceptors (Lipinski definition) is 3. The number of nitrogens with zero attached hydrogens (tertiary/aromatic N) is 2. The molecular formula is C14H20N2O3. The number of likely N-dealkylation sites (N-methyl/N-ethyl adjacent to an activating group) is 1. The normalized spacial score (nSPS) is 11.2. The minimum atomic E-state index is -1.21. The van der Waals surface area contributed by atoms with Crippen molar-refractivity contribution >= 4 is 11.9 Å². The maximum atomic E-state index is 12.3. The molecule has 0 aliphatic rings. The summed E-state index contributed by atoms with van der Waals surface area (Å²) < 4.78 is 0. The highest BCUT2D eigenvalue weighted by atomic mass is 16.4. The van der Waals surface area contributed by atoms with Crippen LogP contribution in [0.1, 0.15) is 32.0 Å². The Kier molecular flexibility index (Phi) is 4.64. The van der Waals surface area contributed by atoms with Gasteiger partial charge in [0, 0.05) is 12.7 Å². The molecule has 0 aliphatic carbocycles. The van der Waals surface area contributed by atoms with Gasteiger partial charge in [0.2, 0.25) is 5.91 Å². The molecule has 1 rings (SSSR count). The third kappa shape index (κ3) is 3.30. The van der Waals surface area contributed by atoms with E-state index in [0.29, 0.717) is 12.2 Å². The number of rotatable bonds is 5. The van der Waals surface area contributed by atoms with Gasteiger partial charge in [-0.05, 0) is 39.3 Å². The van der Waals surface area contributed by atoms with Gasteiger partial charge in [-0.2, -0.15) is 0 Å². The number of carbonyl (C=O) groups excluding carboxylic acids is 1. The van der Waals surface area contributed by atoms with Gasteiger partial charge >= 0.3 is 5.97 Å². The fourth-order valence-electron chi connectivity index (χ4n) is 1.94. The summed E-state index contributed by atoms with van der Waals surface area (Å²) in [4.78, 5) is 29.0. The van der Waals surface area contributed by atoms with Crippen molar-refractivity contribution in [2.45, 2.75) is 39.7 Å². The maximum absolute atomic E-state index is 12.3. The molecule has 0 spiro atoms. The summed E-state index contributed by atoms with van der Waals surface area (Å²) in [6.45, 7) is 7.07. The van der Waals surface area contributed by atoms with Crippen molar-refractivity contribution in [1.29, 1.82) is 0 Å². The van der Waals surface area contributed by atoms with Gasteiger partial charge in [0.25, 0.3) is 0 Å². The summed E-state index contributed by atoms with van der Waals surface area (Å²) in [5, 5.41) is 9.20. The number of carboxylic acids is 1. The van der Waals surface area contributed by atoms with Gasteiger partial charge in [-0.25, -0.2) is 4.79 Å². The van der Waals surface area contributed by atoms with Gasteiger partial charge in [0.1, 0.15) is 5.54 Å². The lowest BCUT2D eigenvalue weighted by molar-refractivity contribution is -0.156. The molecule has 0 fully saturated rings. The molecule has 0 saturated heterocycles. The zero-order valence-electron chi connectivity index (χ0n) is 11.8. The molecule has 104 valence electrons. The largest absolute Gasteiger partial charge is 0.480 e.